The molecule has 0 radical (unpaired) electrons. The van der Waals surface area contributed by atoms with Crippen molar-refractivity contribution in [1.82, 2.24) is 10.6 Å². The average Bonchev–Trinajstić information content (AvgIpc) is 2.75. The molecular weight excluding hydrogens is 368 g/mol. The fourth-order valence-electron chi connectivity index (χ4n) is 2.60. The van der Waals surface area contributed by atoms with Gasteiger partial charge in [0.1, 0.15) is 11.5 Å². The summed E-state index contributed by atoms with van der Waals surface area (Å²) < 4.78 is 11.1. The molecule has 2 amide bonds. The second-order valence-electron chi connectivity index (χ2n) is 6.84. The summed E-state index contributed by atoms with van der Waals surface area (Å²) in [7, 11) is 0. The van der Waals surface area contributed by atoms with Crippen LogP contribution >= 0.6 is 0 Å². The Bertz CT molecular complexity index is 807. The molecule has 0 aromatic heterocycles. The predicted molar refractivity (Wildman–Crippen MR) is 114 cm³/mol. The van der Waals surface area contributed by atoms with E-state index in [0.717, 1.165) is 12.8 Å². The Balaban J connectivity index is 1.85. The average molecular weight is 399 g/mol. The number of carbonyl (C=O) groups is 2. The van der Waals surface area contributed by atoms with Gasteiger partial charge in [-0.2, -0.15) is 0 Å². The predicted octanol–water partition coefficient (Wildman–Crippen LogP) is 3.81. The van der Waals surface area contributed by atoms with Gasteiger partial charge in [0.15, 0.2) is 0 Å². The van der Waals surface area contributed by atoms with Gasteiger partial charge in [0.25, 0.3) is 11.8 Å². The zero-order valence-electron chi connectivity index (χ0n) is 17.4. The summed E-state index contributed by atoms with van der Waals surface area (Å²) in [5.41, 5.74) is 1.05. The molecule has 2 aromatic rings. The first-order valence-electron chi connectivity index (χ1n) is 10.1. The van der Waals surface area contributed by atoms with Crippen LogP contribution < -0.4 is 20.1 Å². The molecule has 0 bridgehead atoms. The Kier molecular flexibility index (Phi) is 9.02. The van der Waals surface area contributed by atoms with Gasteiger partial charge in [-0.1, -0.05) is 26.0 Å². The van der Waals surface area contributed by atoms with E-state index < -0.39 is 0 Å². The van der Waals surface area contributed by atoms with Gasteiger partial charge in [-0.25, -0.2) is 0 Å². The minimum atomic E-state index is -0.230. The Labute approximate surface area is 172 Å². The Morgan fingerprint density at radius 3 is 1.90 bits per heavy atom. The number of hydrogen-bond acceptors (Lipinski definition) is 4. The van der Waals surface area contributed by atoms with E-state index in [9.17, 15) is 9.59 Å². The van der Waals surface area contributed by atoms with Crippen molar-refractivity contribution < 1.29 is 19.1 Å². The van der Waals surface area contributed by atoms with E-state index in [-0.39, 0.29) is 17.9 Å². The van der Waals surface area contributed by atoms with Crippen LogP contribution in [0.1, 0.15) is 54.3 Å². The summed E-state index contributed by atoms with van der Waals surface area (Å²) in [5, 5.41) is 5.74. The van der Waals surface area contributed by atoms with Crippen LogP contribution in [-0.4, -0.2) is 37.6 Å². The molecule has 2 N–H and O–H groups in total. The lowest BCUT2D eigenvalue weighted by molar-refractivity contribution is 0.0912. The molecule has 0 aliphatic heterocycles. The van der Waals surface area contributed by atoms with Crippen molar-refractivity contribution in [2.24, 2.45) is 0 Å². The zero-order chi connectivity index (χ0) is 21.1. The van der Waals surface area contributed by atoms with Gasteiger partial charge in [0.2, 0.25) is 0 Å². The topological polar surface area (TPSA) is 76.7 Å². The number of nitrogens with one attached hydrogen (secondary N) is 2. The fourth-order valence-corrected chi connectivity index (χ4v) is 2.60. The normalized spacial score (nSPS) is 11.4. The molecule has 0 heterocycles. The fraction of sp³-hybridized carbons (Fsp3) is 0.391. The third kappa shape index (κ3) is 7.49. The summed E-state index contributed by atoms with van der Waals surface area (Å²) in [6, 6.07) is 13.9. The van der Waals surface area contributed by atoms with Crippen molar-refractivity contribution in [1.29, 1.82) is 0 Å². The van der Waals surface area contributed by atoms with Crippen molar-refractivity contribution in [2.75, 3.05) is 19.8 Å². The number of benzene rings is 2. The first-order valence-corrected chi connectivity index (χ1v) is 10.1. The standard InChI is InChI=1S/C23H30N2O4/c1-4-12-28-20-10-6-8-18(14-20)22(26)24-16-17(3)25-23(27)19-9-7-11-21(15-19)29-13-5-2/h6-11,14-15,17H,4-5,12-13,16H2,1-3H3,(H,24,26)(H,25,27). The van der Waals surface area contributed by atoms with Crippen molar-refractivity contribution in [3.8, 4) is 11.5 Å². The highest BCUT2D eigenvalue weighted by Crippen LogP contribution is 2.14. The molecule has 0 aliphatic carbocycles. The van der Waals surface area contributed by atoms with E-state index >= 15 is 0 Å². The molecule has 156 valence electrons. The van der Waals surface area contributed by atoms with Gasteiger partial charge in [0.05, 0.1) is 13.2 Å². The van der Waals surface area contributed by atoms with E-state index in [1.807, 2.05) is 32.9 Å². The SMILES string of the molecule is CCCOc1cccc(C(=O)NCC(C)NC(=O)c2cccc(OCCC)c2)c1. The third-order valence-electron chi connectivity index (χ3n) is 4.08. The molecule has 0 aliphatic rings. The Morgan fingerprint density at radius 1 is 0.862 bits per heavy atom. The lowest BCUT2D eigenvalue weighted by Crippen LogP contribution is -2.41. The highest BCUT2D eigenvalue weighted by atomic mass is 16.5. The van der Waals surface area contributed by atoms with Crippen molar-refractivity contribution in [3.63, 3.8) is 0 Å². The molecule has 0 fully saturated rings. The molecule has 6 heteroatoms. The lowest BCUT2D eigenvalue weighted by atomic mass is 10.1. The number of rotatable bonds is 11. The molecule has 1 unspecified atom stereocenters. The molecule has 6 nitrogen and oxygen atoms in total. The second kappa shape index (κ2) is 11.7. The monoisotopic (exact) mass is 398 g/mol. The first kappa shape index (κ1) is 22.3. The van der Waals surface area contributed by atoms with E-state index in [1.165, 1.54) is 0 Å². The highest BCUT2D eigenvalue weighted by Gasteiger charge is 2.13. The second-order valence-corrected chi connectivity index (χ2v) is 6.84. The molecule has 2 rings (SSSR count). The van der Waals surface area contributed by atoms with E-state index in [2.05, 4.69) is 10.6 Å². The maximum atomic E-state index is 12.4. The molecular formula is C23H30N2O4. The zero-order valence-corrected chi connectivity index (χ0v) is 17.4. The number of carbonyl (C=O) groups excluding carboxylic acids is 2. The summed E-state index contributed by atoms with van der Waals surface area (Å²) in [6.45, 7) is 7.44. The molecule has 1 atom stereocenters. The molecule has 29 heavy (non-hydrogen) atoms. The smallest absolute Gasteiger partial charge is 0.251 e. The van der Waals surface area contributed by atoms with Crippen LogP contribution in [0.25, 0.3) is 0 Å². The summed E-state index contributed by atoms with van der Waals surface area (Å²) >= 11 is 0. The quantitative estimate of drug-likeness (QED) is 0.603. The minimum Gasteiger partial charge on any atom is -0.494 e. The van der Waals surface area contributed by atoms with Crippen molar-refractivity contribution in [3.05, 3.63) is 59.7 Å². The van der Waals surface area contributed by atoms with Crippen LogP contribution in [0.3, 0.4) is 0 Å². The van der Waals surface area contributed by atoms with Gasteiger partial charge >= 0.3 is 0 Å². The van der Waals surface area contributed by atoms with Crippen LogP contribution in [0.4, 0.5) is 0 Å². The third-order valence-corrected chi connectivity index (χ3v) is 4.08. The van der Waals surface area contributed by atoms with E-state index in [1.54, 1.807) is 36.4 Å². The van der Waals surface area contributed by atoms with Crippen LogP contribution in [0.5, 0.6) is 11.5 Å². The summed E-state index contributed by atoms with van der Waals surface area (Å²) in [5.74, 6) is 0.934. The molecule has 2 aromatic carbocycles. The Morgan fingerprint density at radius 2 is 1.38 bits per heavy atom. The van der Waals surface area contributed by atoms with Gasteiger partial charge in [0, 0.05) is 23.7 Å². The maximum Gasteiger partial charge on any atom is 0.251 e. The first-order chi connectivity index (χ1) is 14.0. The number of ether oxygens (including phenoxy) is 2. The number of amides is 2. The van der Waals surface area contributed by atoms with Crippen LogP contribution in [-0.2, 0) is 0 Å². The van der Waals surface area contributed by atoms with E-state index in [4.69, 9.17) is 9.47 Å². The van der Waals surface area contributed by atoms with Crippen LogP contribution in [0, 0.1) is 0 Å². The van der Waals surface area contributed by atoms with Crippen LogP contribution in [0.2, 0.25) is 0 Å². The van der Waals surface area contributed by atoms with Crippen LogP contribution in [0.15, 0.2) is 48.5 Å². The van der Waals surface area contributed by atoms with Gasteiger partial charge in [-0.3, -0.25) is 9.59 Å². The van der Waals surface area contributed by atoms with Crippen molar-refractivity contribution in [2.45, 2.75) is 39.7 Å². The minimum absolute atomic E-state index is 0.205. The molecule has 0 spiro atoms. The Hall–Kier alpha value is -3.02. The largest absolute Gasteiger partial charge is 0.494 e. The van der Waals surface area contributed by atoms with Gasteiger partial charge in [-0.15, -0.1) is 0 Å². The maximum absolute atomic E-state index is 12.4. The summed E-state index contributed by atoms with van der Waals surface area (Å²) in [6.07, 6.45) is 1.81. The highest BCUT2D eigenvalue weighted by molar-refractivity contribution is 5.95. The summed E-state index contributed by atoms with van der Waals surface area (Å²) in [4.78, 5) is 24.8. The molecule has 0 saturated heterocycles. The molecule has 0 saturated carbocycles. The van der Waals surface area contributed by atoms with Crippen molar-refractivity contribution >= 4 is 11.8 Å². The van der Waals surface area contributed by atoms with E-state index in [0.29, 0.717) is 42.4 Å². The van der Waals surface area contributed by atoms with Gasteiger partial charge in [-0.05, 0) is 56.2 Å². The number of hydrogen-bond donors (Lipinski definition) is 2. The lowest BCUT2D eigenvalue weighted by Gasteiger charge is -2.15. The van der Waals surface area contributed by atoms with Gasteiger partial charge < -0.3 is 20.1 Å².